The molecule has 0 aromatic rings. The number of rotatable bonds is 2. The molecule has 7 heteroatoms. The van der Waals surface area contributed by atoms with Crippen LogP contribution < -0.4 is 11.5 Å². The van der Waals surface area contributed by atoms with Gasteiger partial charge in [-0.3, -0.25) is 9.59 Å². The summed E-state index contributed by atoms with van der Waals surface area (Å²) in [6.07, 6.45) is 0. The lowest BCUT2D eigenvalue weighted by molar-refractivity contribution is -0.139. The predicted octanol–water partition coefficient (Wildman–Crippen LogP) is -1.04. The Bertz CT molecular complexity index is 144. The van der Waals surface area contributed by atoms with Crippen molar-refractivity contribution in [3.05, 3.63) is 0 Å². The van der Waals surface area contributed by atoms with Gasteiger partial charge in [-0.15, -0.1) is 12.4 Å². The first kappa shape index (κ1) is 18.0. The number of halogens is 1. The summed E-state index contributed by atoms with van der Waals surface area (Å²) in [5.41, 5.74) is 9.64. The molecule has 0 unspecified atom stereocenters. The maximum atomic E-state index is 9.83. The lowest BCUT2D eigenvalue weighted by Gasteiger charge is -1.90. The molecule has 0 aromatic carbocycles. The van der Waals surface area contributed by atoms with Gasteiger partial charge in [-0.2, -0.15) is 0 Å². The van der Waals surface area contributed by atoms with E-state index in [-0.39, 0.29) is 24.9 Å². The fourth-order valence-electron chi connectivity index (χ4n) is 0.0833. The van der Waals surface area contributed by atoms with Gasteiger partial charge in [0, 0.05) is 0 Å². The normalized spacial score (nSPS) is 9.85. The monoisotopic (exact) mass is 214 g/mol. The second-order valence-corrected chi connectivity index (χ2v) is 1.91. The summed E-state index contributed by atoms with van der Waals surface area (Å²) in [5.74, 6) is -1.34. The number of esters is 1. The molecule has 6 nitrogen and oxygen atoms in total. The Hall–Kier alpha value is -0.850. The molecule has 0 saturated carbocycles. The molecule has 0 bridgehead atoms. The van der Waals surface area contributed by atoms with E-state index in [4.69, 9.17) is 16.6 Å². The smallest absolute Gasteiger partial charge is 0.320 e. The van der Waals surface area contributed by atoms with Gasteiger partial charge >= 0.3 is 11.9 Å². The lowest BCUT2D eigenvalue weighted by Crippen LogP contribution is -2.25. The van der Waals surface area contributed by atoms with Gasteiger partial charge in [0.25, 0.3) is 0 Å². The second-order valence-electron chi connectivity index (χ2n) is 1.91. The van der Waals surface area contributed by atoms with Crippen molar-refractivity contribution in [1.29, 1.82) is 0 Å². The summed E-state index contributed by atoms with van der Waals surface area (Å²) < 4.78 is 4.14. The van der Waals surface area contributed by atoms with Crippen molar-refractivity contribution in [1.82, 2.24) is 0 Å². The summed E-state index contributed by atoms with van der Waals surface area (Å²) in [7, 11) is 1.30. The van der Waals surface area contributed by atoms with Crippen molar-refractivity contribution in [2.75, 3.05) is 13.7 Å². The molecule has 5 N–H and O–H groups in total. The van der Waals surface area contributed by atoms with Gasteiger partial charge in [0.05, 0.1) is 13.7 Å². The van der Waals surface area contributed by atoms with Gasteiger partial charge in [-0.25, -0.2) is 0 Å². The number of carbonyl (C=O) groups is 2. The van der Waals surface area contributed by atoms with Crippen LogP contribution in [-0.2, 0) is 14.3 Å². The van der Waals surface area contributed by atoms with Gasteiger partial charge in [0.2, 0.25) is 0 Å². The predicted molar refractivity (Wildman–Crippen MR) is 49.6 cm³/mol. The van der Waals surface area contributed by atoms with Crippen LogP contribution in [0.15, 0.2) is 0 Å². The molecule has 0 spiro atoms. The third kappa shape index (κ3) is 18.3. The molecule has 0 amide bonds. The van der Waals surface area contributed by atoms with E-state index < -0.39 is 12.0 Å². The Morgan fingerprint density at radius 3 is 1.85 bits per heavy atom. The summed E-state index contributed by atoms with van der Waals surface area (Å²) in [4.78, 5) is 19.4. The first-order valence-corrected chi connectivity index (χ1v) is 3.21. The molecule has 0 aliphatic rings. The van der Waals surface area contributed by atoms with Crippen molar-refractivity contribution in [3.8, 4) is 0 Å². The Morgan fingerprint density at radius 1 is 1.54 bits per heavy atom. The Morgan fingerprint density at radius 2 is 1.85 bits per heavy atom. The number of carboxylic acids is 1. The number of methoxy groups -OCH3 is 1. The van der Waals surface area contributed by atoms with Crippen LogP contribution in [0.2, 0.25) is 0 Å². The summed E-state index contributed by atoms with van der Waals surface area (Å²) in [5, 5.41) is 7.87. The molecule has 0 aromatic heterocycles. The van der Waals surface area contributed by atoms with Crippen molar-refractivity contribution in [2.45, 2.75) is 13.0 Å². The minimum Gasteiger partial charge on any atom is -0.480 e. The molecular weight excluding hydrogens is 200 g/mol. The van der Waals surface area contributed by atoms with E-state index >= 15 is 0 Å². The lowest BCUT2D eigenvalue weighted by atomic mass is 10.4. The third-order valence-corrected chi connectivity index (χ3v) is 0.784. The minimum absolute atomic E-state index is 0. The van der Waals surface area contributed by atoms with E-state index in [1.165, 1.54) is 14.0 Å². The van der Waals surface area contributed by atoms with Crippen LogP contribution in [0.5, 0.6) is 0 Å². The Balaban J connectivity index is -0.000000143. The highest BCUT2D eigenvalue weighted by Crippen LogP contribution is 1.68. The number of carbonyl (C=O) groups excluding carboxylic acids is 1. The van der Waals surface area contributed by atoms with Gasteiger partial charge in [0.1, 0.15) is 6.04 Å². The van der Waals surface area contributed by atoms with Crippen molar-refractivity contribution in [3.63, 3.8) is 0 Å². The number of ether oxygens (including phenoxy) is 1. The molecule has 0 fully saturated rings. The Labute approximate surface area is 82.6 Å². The molecule has 0 aliphatic carbocycles. The average molecular weight is 215 g/mol. The SMILES string of the molecule is COC(=O)CN.C[C@H](N)C(=O)O.Cl. The summed E-state index contributed by atoms with van der Waals surface area (Å²) >= 11 is 0. The van der Waals surface area contributed by atoms with Crippen LogP contribution in [0.3, 0.4) is 0 Å². The van der Waals surface area contributed by atoms with E-state index in [0.29, 0.717) is 0 Å². The minimum atomic E-state index is -0.963. The fourth-order valence-corrected chi connectivity index (χ4v) is 0.0833. The van der Waals surface area contributed by atoms with Crippen LogP contribution in [0.1, 0.15) is 6.92 Å². The van der Waals surface area contributed by atoms with Gasteiger partial charge in [-0.05, 0) is 6.92 Å². The average Bonchev–Trinajstić information content (AvgIpc) is 2.04. The number of aliphatic carboxylic acids is 1. The molecule has 0 saturated heterocycles. The second kappa shape index (κ2) is 11.2. The highest BCUT2D eigenvalue weighted by atomic mass is 35.5. The Kier molecular flexibility index (Phi) is 15.5. The summed E-state index contributed by atoms with van der Waals surface area (Å²) in [6.45, 7) is 1.39. The van der Waals surface area contributed by atoms with Crippen LogP contribution in [0, 0.1) is 0 Å². The zero-order chi connectivity index (χ0) is 10.1. The van der Waals surface area contributed by atoms with Crippen LogP contribution in [0.25, 0.3) is 0 Å². The largest absolute Gasteiger partial charge is 0.480 e. The van der Waals surface area contributed by atoms with E-state index in [0.717, 1.165) is 0 Å². The van der Waals surface area contributed by atoms with Gasteiger partial charge in [-0.1, -0.05) is 0 Å². The maximum absolute atomic E-state index is 9.83. The zero-order valence-corrected chi connectivity index (χ0v) is 8.34. The number of nitrogens with two attached hydrogens (primary N) is 2. The molecule has 1 atom stereocenters. The van der Waals surface area contributed by atoms with Crippen LogP contribution in [-0.4, -0.2) is 36.7 Å². The first-order valence-electron chi connectivity index (χ1n) is 3.21. The van der Waals surface area contributed by atoms with E-state index in [1.54, 1.807) is 0 Å². The maximum Gasteiger partial charge on any atom is 0.320 e. The van der Waals surface area contributed by atoms with Crippen molar-refractivity contribution >= 4 is 24.3 Å². The molecule has 0 heterocycles. The molecule has 80 valence electrons. The van der Waals surface area contributed by atoms with Crippen molar-refractivity contribution < 1.29 is 19.4 Å². The molecular formula is C6H15ClN2O4. The standard InChI is InChI=1S/2C3H7NO2.ClH/c1-6-3(5)2-4;1-2(4)3(5)6;/h2,4H2,1H3;2H,4H2,1H3,(H,5,6);1H/t;2-;/m.0./s1. The molecule has 0 radical (unpaired) electrons. The first-order chi connectivity index (χ1) is 5.45. The highest BCUT2D eigenvalue weighted by Gasteiger charge is 1.99. The topological polar surface area (TPSA) is 116 Å². The zero-order valence-electron chi connectivity index (χ0n) is 7.52. The van der Waals surface area contributed by atoms with E-state index in [1.807, 2.05) is 0 Å². The van der Waals surface area contributed by atoms with E-state index in [9.17, 15) is 9.59 Å². The van der Waals surface area contributed by atoms with E-state index in [2.05, 4.69) is 4.74 Å². The third-order valence-electron chi connectivity index (χ3n) is 0.784. The highest BCUT2D eigenvalue weighted by molar-refractivity contribution is 5.85. The number of hydrogen-bond donors (Lipinski definition) is 3. The molecule has 0 aliphatic heterocycles. The number of carboxylic acid groups (broad SMARTS) is 1. The van der Waals surface area contributed by atoms with Gasteiger partial charge in [0.15, 0.2) is 0 Å². The van der Waals surface area contributed by atoms with Gasteiger partial charge < -0.3 is 21.3 Å². The molecule has 0 rings (SSSR count). The molecule has 13 heavy (non-hydrogen) atoms. The quantitative estimate of drug-likeness (QED) is 0.506. The fraction of sp³-hybridized carbons (Fsp3) is 0.667. The summed E-state index contributed by atoms with van der Waals surface area (Å²) in [6, 6.07) is -0.731. The van der Waals surface area contributed by atoms with Crippen LogP contribution in [0.4, 0.5) is 0 Å². The number of hydrogen-bond acceptors (Lipinski definition) is 5. The van der Waals surface area contributed by atoms with Crippen molar-refractivity contribution in [2.24, 2.45) is 11.5 Å². The van der Waals surface area contributed by atoms with Crippen LogP contribution >= 0.6 is 12.4 Å².